The molecular formula is C30H36ClN3O4S. The maximum atomic E-state index is 14.0. The summed E-state index contributed by atoms with van der Waals surface area (Å²) < 4.78 is 26.7. The Morgan fingerprint density at radius 3 is 2.15 bits per heavy atom. The summed E-state index contributed by atoms with van der Waals surface area (Å²) >= 11 is 6.08. The van der Waals surface area contributed by atoms with Crippen LogP contribution in [-0.4, -0.2) is 50.5 Å². The Morgan fingerprint density at radius 2 is 1.56 bits per heavy atom. The quantitative estimate of drug-likeness (QED) is 0.294. The van der Waals surface area contributed by atoms with E-state index in [-0.39, 0.29) is 18.9 Å². The highest BCUT2D eigenvalue weighted by molar-refractivity contribution is 7.92. The normalized spacial score (nSPS) is 12.0. The van der Waals surface area contributed by atoms with Crippen molar-refractivity contribution in [2.75, 3.05) is 23.7 Å². The molecule has 1 N–H and O–H groups in total. The minimum Gasteiger partial charge on any atom is -0.354 e. The van der Waals surface area contributed by atoms with Crippen molar-refractivity contribution in [2.24, 2.45) is 0 Å². The zero-order valence-electron chi connectivity index (χ0n) is 22.6. The Kier molecular flexibility index (Phi) is 10.9. The number of halogens is 1. The molecule has 0 heterocycles. The van der Waals surface area contributed by atoms with Crippen LogP contribution in [0.4, 0.5) is 5.69 Å². The predicted octanol–water partition coefficient (Wildman–Crippen LogP) is 4.97. The Hall–Kier alpha value is -3.36. The van der Waals surface area contributed by atoms with Gasteiger partial charge in [-0.05, 0) is 48.7 Å². The van der Waals surface area contributed by atoms with E-state index in [1.807, 2.05) is 44.2 Å². The van der Waals surface area contributed by atoms with Crippen molar-refractivity contribution in [3.05, 3.63) is 101 Å². The van der Waals surface area contributed by atoms with Gasteiger partial charge >= 0.3 is 0 Å². The van der Waals surface area contributed by atoms with Crippen molar-refractivity contribution < 1.29 is 18.0 Å². The second-order valence-electron chi connectivity index (χ2n) is 9.60. The van der Waals surface area contributed by atoms with E-state index >= 15 is 0 Å². The molecule has 0 fully saturated rings. The number of benzene rings is 3. The second kappa shape index (κ2) is 14.1. The number of unbranched alkanes of at least 4 members (excludes halogenated alkanes) is 1. The van der Waals surface area contributed by atoms with Crippen LogP contribution in [-0.2, 0) is 32.6 Å². The van der Waals surface area contributed by atoms with Gasteiger partial charge in [0.1, 0.15) is 12.6 Å². The average molecular weight is 570 g/mol. The Morgan fingerprint density at radius 1 is 0.923 bits per heavy atom. The van der Waals surface area contributed by atoms with E-state index in [1.165, 1.54) is 4.90 Å². The molecule has 7 nitrogen and oxygen atoms in total. The van der Waals surface area contributed by atoms with Crippen molar-refractivity contribution in [1.29, 1.82) is 0 Å². The summed E-state index contributed by atoms with van der Waals surface area (Å²) in [6.07, 6.45) is 3.07. The number of carbonyl (C=O) groups excluding carboxylic acids is 2. The van der Waals surface area contributed by atoms with Crippen molar-refractivity contribution in [3.63, 3.8) is 0 Å². The topological polar surface area (TPSA) is 86.8 Å². The van der Waals surface area contributed by atoms with Crippen molar-refractivity contribution in [3.8, 4) is 0 Å². The van der Waals surface area contributed by atoms with Gasteiger partial charge in [0.05, 0.1) is 11.9 Å². The molecule has 0 aromatic heterocycles. The fraction of sp³-hybridized carbons (Fsp3) is 0.333. The van der Waals surface area contributed by atoms with Gasteiger partial charge in [-0.1, -0.05) is 85.1 Å². The smallest absolute Gasteiger partial charge is 0.244 e. The van der Waals surface area contributed by atoms with Gasteiger partial charge in [-0.15, -0.1) is 0 Å². The minimum atomic E-state index is -3.79. The third-order valence-electron chi connectivity index (χ3n) is 6.37. The lowest BCUT2D eigenvalue weighted by Gasteiger charge is -2.33. The first kappa shape index (κ1) is 30.2. The predicted molar refractivity (Wildman–Crippen MR) is 157 cm³/mol. The lowest BCUT2D eigenvalue weighted by molar-refractivity contribution is -0.140. The Labute approximate surface area is 236 Å². The number of amides is 2. The first-order chi connectivity index (χ1) is 18.6. The van der Waals surface area contributed by atoms with Crippen molar-refractivity contribution in [2.45, 2.75) is 45.7 Å². The summed E-state index contributed by atoms with van der Waals surface area (Å²) in [5.41, 5.74) is 3.01. The molecule has 2 amide bonds. The number of aryl methyl sites for hydroxylation is 1. The molecule has 0 saturated carbocycles. The summed E-state index contributed by atoms with van der Waals surface area (Å²) in [7, 11) is -3.79. The largest absolute Gasteiger partial charge is 0.354 e. The number of hydrogen-bond acceptors (Lipinski definition) is 4. The summed E-state index contributed by atoms with van der Waals surface area (Å²) in [5, 5.41) is 3.52. The van der Waals surface area contributed by atoms with Gasteiger partial charge in [-0.25, -0.2) is 8.42 Å². The molecule has 0 bridgehead atoms. The zero-order chi connectivity index (χ0) is 28.4. The number of nitrogens with zero attached hydrogens (tertiary/aromatic N) is 2. The molecule has 208 valence electrons. The van der Waals surface area contributed by atoms with E-state index < -0.39 is 28.5 Å². The van der Waals surface area contributed by atoms with Crippen LogP contribution in [0.2, 0.25) is 5.02 Å². The number of rotatable bonds is 13. The van der Waals surface area contributed by atoms with Gasteiger partial charge in [0.25, 0.3) is 0 Å². The van der Waals surface area contributed by atoms with Gasteiger partial charge in [-0.3, -0.25) is 13.9 Å². The summed E-state index contributed by atoms with van der Waals surface area (Å²) in [6.45, 7) is 4.10. The van der Waals surface area contributed by atoms with E-state index in [1.54, 1.807) is 48.5 Å². The van der Waals surface area contributed by atoms with Crippen molar-refractivity contribution >= 4 is 39.1 Å². The van der Waals surface area contributed by atoms with Crippen LogP contribution in [0.15, 0.2) is 78.9 Å². The molecule has 0 saturated heterocycles. The first-order valence-corrected chi connectivity index (χ1v) is 15.2. The van der Waals surface area contributed by atoms with E-state index in [4.69, 9.17) is 11.6 Å². The van der Waals surface area contributed by atoms with Gasteiger partial charge in [0.2, 0.25) is 21.8 Å². The molecule has 39 heavy (non-hydrogen) atoms. The summed E-state index contributed by atoms with van der Waals surface area (Å²) in [4.78, 5) is 29.0. The molecule has 0 radical (unpaired) electrons. The number of carbonyl (C=O) groups is 2. The highest BCUT2D eigenvalue weighted by Crippen LogP contribution is 2.21. The maximum Gasteiger partial charge on any atom is 0.244 e. The van der Waals surface area contributed by atoms with Crippen LogP contribution in [0.5, 0.6) is 0 Å². The summed E-state index contributed by atoms with van der Waals surface area (Å²) in [5.74, 6) is -0.765. The Balaban J connectivity index is 2.01. The highest BCUT2D eigenvalue weighted by atomic mass is 35.5. The molecule has 3 aromatic rings. The minimum absolute atomic E-state index is 0.111. The number of hydrogen-bond donors (Lipinski definition) is 1. The third-order valence-corrected chi connectivity index (χ3v) is 7.76. The zero-order valence-corrected chi connectivity index (χ0v) is 24.2. The average Bonchev–Trinajstić information content (AvgIpc) is 2.91. The molecule has 0 aliphatic carbocycles. The molecule has 1 atom stereocenters. The van der Waals surface area contributed by atoms with E-state index in [0.29, 0.717) is 17.3 Å². The van der Waals surface area contributed by atoms with Crippen LogP contribution in [0, 0.1) is 6.92 Å². The van der Waals surface area contributed by atoms with E-state index in [0.717, 1.165) is 40.1 Å². The summed E-state index contributed by atoms with van der Waals surface area (Å²) in [6, 6.07) is 22.6. The van der Waals surface area contributed by atoms with Crippen LogP contribution < -0.4 is 9.62 Å². The molecule has 0 spiro atoms. The number of anilines is 1. The molecule has 1 unspecified atom stereocenters. The molecule has 3 rings (SSSR count). The molecular weight excluding hydrogens is 534 g/mol. The standard InChI is InChI=1S/C30H36ClN3O4S/c1-4-5-19-32-30(36)28(20-24-9-7-6-8-10-24)33(21-25-13-15-26(31)16-14-25)29(35)22-34(39(3,37)38)27-17-11-23(2)12-18-27/h6-18,28H,4-5,19-22H2,1-3H3,(H,32,36). The van der Waals surface area contributed by atoms with Gasteiger partial charge in [-0.2, -0.15) is 0 Å². The van der Waals surface area contributed by atoms with Crippen molar-refractivity contribution in [1.82, 2.24) is 10.2 Å². The van der Waals surface area contributed by atoms with Crippen LogP contribution in [0.1, 0.15) is 36.5 Å². The molecule has 9 heteroatoms. The fourth-order valence-corrected chi connectivity index (χ4v) is 5.15. The van der Waals surface area contributed by atoms with Gasteiger partial charge in [0, 0.05) is 24.5 Å². The third kappa shape index (κ3) is 9.11. The van der Waals surface area contributed by atoms with Crippen LogP contribution in [0.3, 0.4) is 0 Å². The van der Waals surface area contributed by atoms with Gasteiger partial charge in [0.15, 0.2) is 0 Å². The highest BCUT2D eigenvalue weighted by Gasteiger charge is 2.32. The van der Waals surface area contributed by atoms with Gasteiger partial charge < -0.3 is 10.2 Å². The molecule has 0 aliphatic heterocycles. The molecule has 0 aliphatic rings. The monoisotopic (exact) mass is 569 g/mol. The number of nitrogens with one attached hydrogen (secondary N) is 1. The fourth-order valence-electron chi connectivity index (χ4n) is 4.17. The Bertz CT molecular complexity index is 1330. The lowest BCUT2D eigenvalue weighted by atomic mass is 10.0. The van der Waals surface area contributed by atoms with Crippen LogP contribution in [0.25, 0.3) is 0 Å². The SMILES string of the molecule is CCCCNC(=O)C(Cc1ccccc1)N(Cc1ccc(Cl)cc1)C(=O)CN(c1ccc(C)cc1)S(C)(=O)=O. The van der Waals surface area contributed by atoms with E-state index in [9.17, 15) is 18.0 Å². The van der Waals surface area contributed by atoms with E-state index in [2.05, 4.69) is 5.32 Å². The van der Waals surface area contributed by atoms with Crippen LogP contribution >= 0.6 is 11.6 Å². The number of sulfonamides is 1. The second-order valence-corrected chi connectivity index (χ2v) is 11.9. The molecule has 3 aromatic carbocycles. The first-order valence-electron chi connectivity index (χ1n) is 13.0. The maximum absolute atomic E-state index is 14.0. The lowest BCUT2D eigenvalue weighted by Crippen LogP contribution is -2.53.